The molecule has 5 nitrogen and oxygen atoms in total. The molecule has 5 rings (SSSR count). The number of benzene rings is 1. The highest BCUT2D eigenvalue weighted by molar-refractivity contribution is 7.92. The van der Waals surface area contributed by atoms with Crippen LogP contribution in [0.2, 0.25) is 0 Å². The highest BCUT2D eigenvalue weighted by Crippen LogP contribution is 2.47. The third-order valence-electron chi connectivity index (χ3n) is 8.00. The van der Waals surface area contributed by atoms with Crippen molar-refractivity contribution in [2.75, 3.05) is 4.90 Å². The van der Waals surface area contributed by atoms with Gasteiger partial charge in [0.05, 0.1) is 29.2 Å². The summed E-state index contributed by atoms with van der Waals surface area (Å²) in [5.74, 6) is 2.11. The Morgan fingerprint density at radius 2 is 1.84 bits per heavy atom. The summed E-state index contributed by atoms with van der Waals surface area (Å²) in [5.41, 5.74) is 3.84. The van der Waals surface area contributed by atoms with E-state index in [1.165, 1.54) is 6.42 Å². The highest BCUT2D eigenvalue weighted by Gasteiger charge is 2.40. The first-order valence-corrected chi connectivity index (χ1v) is 15.3. The second-order valence-corrected chi connectivity index (χ2v) is 11.1. The maximum absolute atomic E-state index is 14.5. The first-order valence-electron chi connectivity index (χ1n) is 14.6. The van der Waals surface area contributed by atoms with E-state index >= 15 is 0 Å². The second kappa shape index (κ2) is 12.7. The Kier molecular flexibility index (Phi) is 9.60. The smallest absolute Gasteiger partial charge is 0.230 e. The quantitative estimate of drug-likeness (QED) is 0.309. The van der Waals surface area contributed by atoms with Crippen LogP contribution in [0.4, 0.5) is 9.57 Å². The zero-order valence-electron chi connectivity index (χ0n) is 23.3. The molecule has 2 fully saturated rings. The van der Waals surface area contributed by atoms with Gasteiger partial charge in [-0.15, -0.1) is 3.89 Å². The molecular formula is C30H44FN3O2S. The lowest BCUT2D eigenvalue weighted by Crippen LogP contribution is -2.43. The van der Waals surface area contributed by atoms with E-state index in [4.69, 9.17) is 9.72 Å². The van der Waals surface area contributed by atoms with E-state index in [0.29, 0.717) is 5.82 Å². The summed E-state index contributed by atoms with van der Waals surface area (Å²) in [6.07, 6.45) is 13.2. The molecule has 1 aromatic carbocycles. The minimum atomic E-state index is 0.164. The number of nitrogens with zero attached hydrogens (tertiary/aromatic N) is 3. The number of halogens is 1. The number of fused-ring (bicyclic) bond motifs is 1. The Balaban J connectivity index is 0.00000156. The number of amides is 1. The molecule has 7 heteroatoms. The molecule has 1 aliphatic heterocycles. The topological polar surface area (TPSA) is 47.4 Å². The van der Waals surface area contributed by atoms with Crippen LogP contribution in [0.3, 0.4) is 0 Å². The van der Waals surface area contributed by atoms with Crippen LogP contribution in [0.15, 0.2) is 18.3 Å². The van der Waals surface area contributed by atoms with Gasteiger partial charge in [0.25, 0.3) is 0 Å². The molecule has 2 heterocycles. The standard InChI is InChI=1S/C28H38FN3O2S.C2H6/c1-4-7-19(8-5-2)25-17-30-27(32(25)35-29)23-15-16-24-22(26(23)34-21-9-6-10-21)14-11-18(3)31(24)28(33)20-12-13-20;1-2/h15-21H,4-14H2,1-3H3;1-2H3. The zero-order chi connectivity index (χ0) is 26.5. The van der Waals surface area contributed by atoms with Gasteiger partial charge in [-0.1, -0.05) is 40.5 Å². The molecule has 1 atom stereocenters. The summed E-state index contributed by atoms with van der Waals surface area (Å²) in [6.45, 7) is 10.5. The van der Waals surface area contributed by atoms with E-state index in [1.807, 2.05) is 37.1 Å². The predicted molar refractivity (Wildman–Crippen MR) is 152 cm³/mol. The summed E-state index contributed by atoms with van der Waals surface area (Å²) >= 11 is 0.240. The Hall–Kier alpha value is -2.02. The van der Waals surface area contributed by atoms with Crippen LogP contribution in [0.5, 0.6) is 5.75 Å². The lowest BCUT2D eigenvalue weighted by atomic mass is 9.91. The zero-order valence-corrected chi connectivity index (χ0v) is 24.1. The van der Waals surface area contributed by atoms with Gasteiger partial charge in [0, 0.05) is 23.4 Å². The number of imidazole rings is 1. The van der Waals surface area contributed by atoms with Crippen molar-refractivity contribution in [1.82, 2.24) is 8.96 Å². The molecule has 204 valence electrons. The fourth-order valence-electron chi connectivity index (χ4n) is 5.65. The molecule has 0 N–H and O–H groups in total. The SMILES string of the molecule is CC.CCCC(CCC)c1cnc(-c2ccc3c(c2OC2CCC2)CCC(C)N3C(=O)C2CC2)n1SF. The van der Waals surface area contributed by atoms with Gasteiger partial charge in [-0.2, -0.15) is 0 Å². The van der Waals surface area contributed by atoms with Gasteiger partial charge in [-0.25, -0.2) is 8.96 Å². The van der Waals surface area contributed by atoms with Crippen LogP contribution in [0, 0.1) is 5.92 Å². The van der Waals surface area contributed by atoms with Crippen LogP contribution in [-0.4, -0.2) is 27.0 Å². The number of carbonyl (C=O) groups excluding carboxylic acids is 1. The third kappa shape index (κ3) is 5.71. The molecule has 1 amide bonds. The van der Waals surface area contributed by atoms with E-state index in [1.54, 1.807) is 3.97 Å². The van der Waals surface area contributed by atoms with Gasteiger partial charge < -0.3 is 9.64 Å². The number of carbonyl (C=O) groups is 1. The summed E-state index contributed by atoms with van der Waals surface area (Å²) in [6, 6.07) is 4.23. The van der Waals surface area contributed by atoms with Crippen molar-refractivity contribution >= 4 is 23.9 Å². The molecule has 3 aliphatic rings. The lowest BCUT2D eigenvalue weighted by Gasteiger charge is -2.38. The van der Waals surface area contributed by atoms with Crippen molar-refractivity contribution in [1.29, 1.82) is 0 Å². The largest absolute Gasteiger partial charge is 0.489 e. The molecule has 2 saturated carbocycles. The first kappa shape index (κ1) is 28.0. The van der Waals surface area contributed by atoms with Gasteiger partial charge >= 0.3 is 0 Å². The van der Waals surface area contributed by atoms with E-state index in [0.717, 1.165) is 92.5 Å². The molecule has 0 bridgehead atoms. The van der Waals surface area contributed by atoms with Crippen LogP contribution in [0.1, 0.15) is 116 Å². The normalized spacial score (nSPS) is 19.2. The van der Waals surface area contributed by atoms with Gasteiger partial charge in [-0.3, -0.25) is 4.79 Å². The van der Waals surface area contributed by atoms with E-state index in [-0.39, 0.29) is 42.2 Å². The predicted octanol–water partition coefficient (Wildman–Crippen LogP) is 8.65. The molecule has 1 aromatic heterocycles. The van der Waals surface area contributed by atoms with E-state index < -0.39 is 0 Å². The van der Waals surface area contributed by atoms with Gasteiger partial charge in [0.2, 0.25) is 5.91 Å². The first-order chi connectivity index (χ1) is 18.1. The van der Waals surface area contributed by atoms with Crippen molar-refractivity contribution in [3.8, 4) is 17.1 Å². The van der Waals surface area contributed by atoms with Crippen LogP contribution in [-0.2, 0) is 11.2 Å². The molecule has 1 unspecified atom stereocenters. The van der Waals surface area contributed by atoms with Crippen molar-refractivity contribution in [2.45, 2.75) is 123 Å². The minimum absolute atomic E-state index is 0.164. The molecule has 2 aliphatic carbocycles. The number of hydrogen-bond acceptors (Lipinski definition) is 4. The summed E-state index contributed by atoms with van der Waals surface area (Å²) in [5, 5.41) is 0. The average Bonchev–Trinajstić information content (AvgIpc) is 3.65. The van der Waals surface area contributed by atoms with E-state index in [2.05, 4.69) is 20.8 Å². The maximum Gasteiger partial charge on any atom is 0.230 e. The second-order valence-electron chi connectivity index (χ2n) is 10.6. The number of rotatable bonds is 10. The van der Waals surface area contributed by atoms with Gasteiger partial charge in [-0.05, 0) is 76.8 Å². The number of aromatic nitrogens is 2. The molecule has 0 saturated heterocycles. The van der Waals surface area contributed by atoms with Crippen LogP contribution < -0.4 is 9.64 Å². The summed E-state index contributed by atoms with van der Waals surface area (Å²) in [4.78, 5) is 20.0. The van der Waals surface area contributed by atoms with Crippen molar-refractivity contribution in [3.63, 3.8) is 0 Å². The maximum atomic E-state index is 14.5. The molecule has 37 heavy (non-hydrogen) atoms. The monoisotopic (exact) mass is 529 g/mol. The fourth-order valence-corrected chi connectivity index (χ4v) is 6.13. The van der Waals surface area contributed by atoms with Gasteiger partial charge in [0.1, 0.15) is 5.75 Å². The highest BCUT2D eigenvalue weighted by atomic mass is 32.2. The van der Waals surface area contributed by atoms with Crippen molar-refractivity contribution < 1.29 is 13.4 Å². The Morgan fingerprint density at radius 3 is 2.41 bits per heavy atom. The number of anilines is 1. The fraction of sp³-hybridized carbons (Fsp3) is 0.667. The van der Waals surface area contributed by atoms with Gasteiger partial charge in [0.15, 0.2) is 18.2 Å². The lowest BCUT2D eigenvalue weighted by molar-refractivity contribution is -0.120. The number of hydrogen-bond donors (Lipinski definition) is 0. The van der Waals surface area contributed by atoms with Crippen molar-refractivity contribution in [2.24, 2.45) is 5.92 Å². The molecular weight excluding hydrogens is 485 g/mol. The summed E-state index contributed by atoms with van der Waals surface area (Å²) < 4.78 is 22.8. The average molecular weight is 530 g/mol. The third-order valence-corrected chi connectivity index (χ3v) is 8.52. The Morgan fingerprint density at radius 1 is 1.14 bits per heavy atom. The minimum Gasteiger partial charge on any atom is -0.489 e. The van der Waals surface area contributed by atoms with Crippen molar-refractivity contribution in [3.05, 3.63) is 29.6 Å². The number of ether oxygens (including phenoxy) is 1. The van der Waals surface area contributed by atoms with Crippen LogP contribution in [0.25, 0.3) is 11.4 Å². The Bertz CT molecular complexity index is 1060. The molecule has 2 aromatic rings. The summed E-state index contributed by atoms with van der Waals surface area (Å²) in [7, 11) is 0. The van der Waals surface area contributed by atoms with Crippen LogP contribution >= 0.6 is 12.3 Å². The molecule has 0 spiro atoms. The molecule has 0 radical (unpaired) electrons. The Labute approximate surface area is 227 Å². The van der Waals surface area contributed by atoms with E-state index in [9.17, 15) is 8.68 Å².